The predicted molar refractivity (Wildman–Crippen MR) is 111 cm³/mol. The van der Waals surface area contributed by atoms with Crippen molar-refractivity contribution < 1.29 is 27.5 Å². The van der Waals surface area contributed by atoms with Crippen LogP contribution in [0.15, 0.2) is 27.6 Å². The molecule has 14 heteroatoms. The highest BCUT2D eigenvalue weighted by molar-refractivity contribution is 6.38. The van der Waals surface area contributed by atoms with Gasteiger partial charge < -0.3 is 21.6 Å². The fourth-order valence-corrected chi connectivity index (χ4v) is 3.43. The molecule has 0 fully saturated rings. The first-order chi connectivity index (χ1) is 14.7. The number of rotatable bonds is 3. The predicted octanol–water partition coefficient (Wildman–Crippen LogP) is 2.28. The lowest BCUT2D eigenvalue weighted by molar-refractivity contribution is -0.192. The third-order valence-corrected chi connectivity index (χ3v) is 5.15. The Hall–Kier alpha value is -3.22. The van der Waals surface area contributed by atoms with Crippen molar-refractivity contribution in [3.8, 4) is 0 Å². The number of hydrogen-bond acceptors (Lipinski definition) is 6. The zero-order valence-electron chi connectivity index (χ0n) is 16.9. The summed E-state index contributed by atoms with van der Waals surface area (Å²) in [6.45, 7) is 4.16. The summed E-state index contributed by atoms with van der Waals surface area (Å²) in [7, 11) is 0. The van der Waals surface area contributed by atoms with Crippen LogP contribution in [0.5, 0.6) is 0 Å². The van der Waals surface area contributed by atoms with Crippen molar-refractivity contribution in [3.05, 3.63) is 49.6 Å². The number of hydrogen-bond donors (Lipinski definition) is 3. The van der Waals surface area contributed by atoms with E-state index in [9.17, 15) is 27.2 Å². The van der Waals surface area contributed by atoms with Gasteiger partial charge in [-0.2, -0.15) is 17.8 Å². The number of carboxylic acid groups (broad SMARTS) is 1. The molecule has 1 aromatic carbocycles. The molecule has 1 aromatic heterocycles. The van der Waals surface area contributed by atoms with Crippen LogP contribution in [0.2, 0.25) is 5.02 Å². The van der Waals surface area contributed by atoms with Gasteiger partial charge in [-0.05, 0) is 19.4 Å². The Balaban J connectivity index is 0.000000451. The SMILES string of the molecule is CCC(C)n1c(=O)n(N)c(=O)c2cc(F)c(N3C=C(N)CC3)c(Cl)c21.O=C(O)C(F)(F)F. The lowest BCUT2D eigenvalue weighted by Crippen LogP contribution is -2.45. The van der Waals surface area contributed by atoms with Crippen LogP contribution in [0.25, 0.3) is 10.9 Å². The maximum atomic E-state index is 14.7. The zero-order chi connectivity index (χ0) is 24.5. The van der Waals surface area contributed by atoms with Crippen LogP contribution in [-0.4, -0.2) is 33.0 Å². The van der Waals surface area contributed by atoms with Gasteiger partial charge in [0.2, 0.25) is 0 Å². The van der Waals surface area contributed by atoms with E-state index in [4.69, 9.17) is 33.1 Å². The van der Waals surface area contributed by atoms with E-state index < -0.39 is 29.2 Å². The summed E-state index contributed by atoms with van der Waals surface area (Å²) in [5.74, 6) is 2.16. The molecule has 176 valence electrons. The van der Waals surface area contributed by atoms with Crippen LogP contribution < -0.4 is 27.7 Å². The molecule has 0 saturated heterocycles. The molecule has 0 bridgehead atoms. The second kappa shape index (κ2) is 9.10. The Kier molecular flexibility index (Phi) is 7.13. The molecule has 0 saturated carbocycles. The lowest BCUT2D eigenvalue weighted by atomic mass is 10.1. The van der Waals surface area contributed by atoms with Gasteiger partial charge in [-0.1, -0.05) is 18.5 Å². The molecule has 0 amide bonds. The van der Waals surface area contributed by atoms with E-state index >= 15 is 0 Å². The Labute approximate surface area is 183 Å². The first-order valence-corrected chi connectivity index (χ1v) is 9.57. The maximum absolute atomic E-state index is 14.7. The fourth-order valence-electron chi connectivity index (χ4n) is 3.04. The van der Waals surface area contributed by atoms with Crippen molar-refractivity contribution in [2.75, 3.05) is 17.3 Å². The minimum atomic E-state index is -5.08. The first-order valence-electron chi connectivity index (χ1n) is 9.19. The zero-order valence-corrected chi connectivity index (χ0v) is 17.7. The van der Waals surface area contributed by atoms with Crippen LogP contribution in [0.4, 0.5) is 23.2 Å². The van der Waals surface area contributed by atoms with E-state index in [-0.39, 0.29) is 27.7 Å². The number of aromatic nitrogens is 2. The molecule has 1 atom stereocenters. The highest BCUT2D eigenvalue weighted by Gasteiger charge is 2.38. The number of nitrogen functional groups attached to an aromatic ring is 1. The normalized spacial score (nSPS) is 14.7. The van der Waals surface area contributed by atoms with Crippen molar-refractivity contribution in [3.63, 3.8) is 0 Å². The number of nitrogens with two attached hydrogens (primary N) is 2. The Morgan fingerprint density at radius 1 is 1.34 bits per heavy atom. The third kappa shape index (κ3) is 4.66. The van der Waals surface area contributed by atoms with Gasteiger partial charge in [-0.3, -0.25) is 9.36 Å². The number of nitrogens with zero attached hydrogens (tertiary/aromatic N) is 3. The molecule has 1 aliphatic rings. The van der Waals surface area contributed by atoms with Crippen LogP contribution in [0, 0.1) is 5.82 Å². The van der Waals surface area contributed by atoms with Gasteiger partial charge in [0.1, 0.15) is 5.82 Å². The van der Waals surface area contributed by atoms with Crippen molar-refractivity contribution >= 4 is 34.2 Å². The molecule has 1 unspecified atom stereocenters. The summed E-state index contributed by atoms with van der Waals surface area (Å²) < 4.78 is 48.3. The maximum Gasteiger partial charge on any atom is 0.490 e. The van der Waals surface area contributed by atoms with Gasteiger partial charge in [0.15, 0.2) is 0 Å². The fraction of sp³-hybridized carbons (Fsp3) is 0.389. The standard InChI is InChI=1S/C16H19ClFN5O2.C2HF3O2/c1-3-8(2)22-13-10(15(24)23(20)16(22)25)6-11(18)14(12(13)17)21-5-4-9(19)7-21;3-2(4,5)1(6)7/h6-8H,3-5,19-20H2,1-2H3;(H,6,7). The monoisotopic (exact) mass is 481 g/mol. The second-order valence-electron chi connectivity index (χ2n) is 6.95. The van der Waals surface area contributed by atoms with Gasteiger partial charge in [0, 0.05) is 30.9 Å². The third-order valence-electron chi connectivity index (χ3n) is 4.79. The summed E-state index contributed by atoms with van der Waals surface area (Å²) in [5.41, 5.74) is 5.18. The molecule has 0 aliphatic carbocycles. The molecule has 5 N–H and O–H groups in total. The lowest BCUT2D eigenvalue weighted by Gasteiger charge is -2.23. The second-order valence-corrected chi connectivity index (χ2v) is 7.33. The number of carbonyl (C=O) groups is 1. The van der Waals surface area contributed by atoms with Crippen molar-refractivity contribution in [1.82, 2.24) is 9.24 Å². The summed E-state index contributed by atoms with van der Waals surface area (Å²) in [6, 6.07) is 0.795. The van der Waals surface area contributed by atoms with Gasteiger partial charge >= 0.3 is 17.8 Å². The molecule has 1 aliphatic heterocycles. The number of alkyl halides is 3. The van der Waals surface area contributed by atoms with Crippen molar-refractivity contribution in [2.45, 2.75) is 38.9 Å². The highest BCUT2D eigenvalue weighted by atomic mass is 35.5. The Morgan fingerprint density at radius 2 is 1.91 bits per heavy atom. The smallest absolute Gasteiger partial charge is 0.475 e. The van der Waals surface area contributed by atoms with E-state index in [0.29, 0.717) is 29.8 Å². The van der Waals surface area contributed by atoms with Gasteiger partial charge in [0.05, 0.1) is 21.6 Å². The van der Waals surface area contributed by atoms with E-state index in [1.54, 1.807) is 18.0 Å². The van der Waals surface area contributed by atoms with E-state index in [1.807, 2.05) is 6.92 Å². The average Bonchev–Trinajstić information content (AvgIpc) is 3.12. The van der Waals surface area contributed by atoms with Crippen LogP contribution in [0.3, 0.4) is 0 Å². The van der Waals surface area contributed by atoms with Gasteiger partial charge in [-0.15, -0.1) is 0 Å². The van der Waals surface area contributed by atoms with Gasteiger partial charge in [-0.25, -0.2) is 14.0 Å². The largest absolute Gasteiger partial charge is 0.490 e. The minimum Gasteiger partial charge on any atom is -0.475 e. The molecule has 0 spiro atoms. The number of halogens is 5. The molecular formula is C18H20ClF4N5O4. The van der Waals surface area contributed by atoms with Crippen LogP contribution in [-0.2, 0) is 4.79 Å². The topological polar surface area (TPSA) is 137 Å². The van der Waals surface area contributed by atoms with E-state index in [1.165, 1.54) is 4.57 Å². The molecule has 2 heterocycles. The van der Waals surface area contributed by atoms with Gasteiger partial charge in [0.25, 0.3) is 5.56 Å². The number of benzene rings is 1. The minimum absolute atomic E-state index is 0.00366. The summed E-state index contributed by atoms with van der Waals surface area (Å²) in [5, 5.41) is 7.08. The molecule has 2 aromatic rings. The molecular weight excluding hydrogens is 462 g/mol. The molecule has 3 rings (SSSR count). The summed E-state index contributed by atoms with van der Waals surface area (Å²) >= 11 is 6.48. The Morgan fingerprint density at radius 3 is 2.34 bits per heavy atom. The highest BCUT2D eigenvalue weighted by Crippen LogP contribution is 2.37. The number of fused-ring (bicyclic) bond motifs is 1. The molecule has 0 radical (unpaired) electrons. The van der Waals surface area contributed by atoms with Crippen molar-refractivity contribution in [1.29, 1.82) is 0 Å². The van der Waals surface area contributed by atoms with Crippen LogP contribution >= 0.6 is 11.6 Å². The molecule has 9 nitrogen and oxygen atoms in total. The first kappa shape index (κ1) is 25.0. The quantitative estimate of drug-likeness (QED) is 0.452. The Bertz CT molecular complexity index is 1210. The van der Waals surface area contributed by atoms with E-state index in [0.717, 1.165) is 6.07 Å². The van der Waals surface area contributed by atoms with E-state index in [2.05, 4.69) is 0 Å². The summed E-state index contributed by atoms with van der Waals surface area (Å²) in [6.07, 6.45) is -2.30. The number of anilines is 1. The number of carboxylic acids is 1. The molecule has 32 heavy (non-hydrogen) atoms. The average molecular weight is 482 g/mol. The van der Waals surface area contributed by atoms with Crippen LogP contribution in [0.1, 0.15) is 32.7 Å². The number of aliphatic carboxylic acids is 1. The summed E-state index contributed by atoms with van der Waals surface area (Å²) in [4.78, 5) is 35.4. The van der Waals surface area contributed by atoms with Crippen molar-refractivity contribution in [2.24, 2.45) is 5.73 Å².